The van der Waals surface area contributed by atoms with Crippen molar-refractivity contribution >= 4 is 29.0 Å². The molecule has 0 aliphatic heterocycles. The Labute approximate surface area is 127 Å². The highest BCUT2D eigenvalue weighted by Gasteiger charge is 2.09. The lowest BCUT2D eigenvalue weighted by Gasteiger charge is -2.07. The first kappa shape index (κ1) is 14.9. The number of oxime groups is 1. The van der Waals surface area contributed by atoms with Crippen LogP contribution in [0.1, 0.15) is 15.9 Å². The van der Waals surface area contributed by atoms with Gasteiger partial charge in [0.15, 0.2) is 0 Å². The number of anilines is 1. The summed E-state index contributed by atoms with van der Waals surface area (Å²) in [6.07, 6.45) is 0.342. The maximum atomic E-state index is 12.1. The minimum Gasteiger partial charge on any atom is -0.409 e. The molecule has 4 N–H and O–H groups in total. The molecular weight excluding hydrogens is 290 g/mol. The number of halogens is 1. The van der Waals surface area contributed by atoms with Gasteiger partial charge in [-0.2, -0.15) is 0 Å². The van der Waals surface area contributed by atoms with Gasteiger partial charge >= 0.3 is 0 Å². The minimum atomic E-state index is -0.273. The van der Waals surface area contributed by atoms with Crippen LogP contribution in [0.5, 0.6) is 0 Å². The van der Waals surface area contributed by atoms with Crippen LogP contribution in [-0.4, -0.2) is 17.0 Å². The zero-order chi connectivity index (χ0) is 15.2. The van der Waals surface area contributed by atoms with Crippen LogP contribution >= 0.6 is 11.6 Å². The Morgan fingerprint density at radius 3 is 2.48 bits per heavy atom. The van der Waals surface area contributed by atoms with E-state index in [4.69, 9.17) is 22.5 Å². The van der Waals surface area contributed by atoms with E-state index >= 15 is 0 Å². The predicted molar refractivity (Wildman–Crippen MR) is 83.0 cm³/mol. The van der Waals surface area contributed by atoms with Crippen LogP contribution in [0.4, 0.5) is 5.69 Å². The average molecular weight is 304 g/mol. The molecule has 2 aromatic carbocycles. The largest absolute Gasteiger partial charge is 0.409 e. The van der Waals surface area contributed by atoms with Crippen LogP contribution < -0.4 is 11.1 Å². The van der Waals surface area contributed by atoms with Crippen molar-refractivity contribution < 1.29 is 10.0 Å². The number of hydrogen-bond donors (Lipinski definition) is 3. The molecule has 0 saturated heterocycles. The van der Waals surface area contributed by atoms with Gasteiger partial charge in [-0.05, 0) is 29.8 Å². The third-order valence-electron chi connectivity index (χ3n) is 2.84. The summed E-state index contributed by atoms with van der Waals surface area (Å²) < 4.78 is 0. The quantitative estimate of drug-likeness (QED) is 0.351. The van der Waals surface area contributed by atoms with Crippen LogP contribution in [-0.2, 0) is 6.42 Å². The van der Waals surface area contributed by atoms with Crippen molar-refractivity contribution in [1.82, 2.24) is 0 Å². The number of nitrogens with one attached hydrogen (secondary N) is 1. The van der Waals surface area contributed by atoms with Gasteiger partial charge in [0.2, 0.25) is 0 Å². The summed E-state index contributed by atoms with van der Waals surface area (Å²) in [5.74, 6) is -0.146. The maximum Gasteiger partial charge on any atom is 0.257 e. The Balaban J connectivity index is 2.07. The summed E-state index contributed by atoms with van der Waals surface area (Å²) in [6.45, 7) is 0. The fraction of sp³-hybridized carbons (Fsp3) is 0.0667. The summed E-state index contributed by atoms with van der Waals surface area (Å²) in [5, 5.41) is 14.6. The van der Waals surface area contributed by atoms with Crippen molar-refractivity contribution in [2.45, 2.75) is 6.42 Å². The summed E-state index contributed by atoms with van der Waals surface area (Å²) in [4.78, 5) is 12.1. The molecule has 108 valence electrons. The van der Waals surface area contributed by atoms with Crippen LogP contribution in [0.3, 0.4) is 0 Å². The fourth-order valence-corrected chi connectivity index (χ4v) is 2.02. The molecule has 0 radical (unpaired) electrons. The third kappa shape index (κ3) is 3.97. The third-order valence-corrected chi connectivity index (χ3v) is 3.17. The number of carbonyl (C=O) groups excluding carboxylic acids is 1. The van der Waals surface area contributed by atoms with Crippen molar-refractivity contribution in [2.75, 3.05) is 5.32 Å². The van der Waals surface area contributed by atoms with Gasteiger partial charge in [-0.1, -0.05) is 41.0 Å². The highest BCUT2D eigenvalue weighted by Crippen LogP contribution is 2.17. The van der Waals surface area contributed by atoms with Crippen molar-refractivity contribution in [3.05, 3.63) is 64.7 Å². The number of amides is 1. The zero-order valence-electron chi connectivity index (χ0n) is 11.1. The predicted octanol–water partition coefficient (Wildman–Crippen LogP) is 2.88. The van der Waals surface area contributed by atoms with Crippen molar-refractivity contribution in [2.24, 2.45) is 10.9 Å². The molecule has 6 heteroatoms. The van der Waals surface area contributed by atoms with Gasteiger partial charge in [-0.25, -0.2) is 0 Å². The molecule has 0 aromatic heterocycles. The number of hydrogen-bond acceptors (Lipinski definition) is 3. The lowest BCUT2D eigenvalue weighted by atomic mass is 10.1. The van der Waals surface area contributed by atoms with E-state index in [2.05, 4.69) is 10.5 Å². The van der Waals surface area contributed by atoms with Crippen molar-refractivity contribution in [3.63, 3.8) is 0 Å². The number of nitrogens with two attached hydrogens (primary N) is 1. The fourth-order valence-electron chi connectivity index (χ4n) is 1.79. The standard InChI is InChI=1S/C15H14ClN3O2/c16-13-4-2-1-3-12(13)15(20)18-11-7-5-10(6-8-11)9-14(17)19-21/h1-8,21H,9H2,(H2,17,19)(H,18,20). The molecule has 1 amide bonds. The highest BCUT2D eigenvalue weighted by atomic mass is 35.5. The number of nitrogens with zero attached hydrogens (tertiary/aromatic N) is 1. The number of amidine groups is 1. The first-order chi connectivity index (χ1) is 10.1. The lowest BCUT2D eigenvalue weighted by molar-refractivity contribution is 0.102. The van der Waals surface area contributed by atoms with E-state index in [-0.39, 0.29) is 11.7 Å². The van der Waals surface area contributed by atoms with E-state index in [1.165, 1.54) is 0 Å². The van der Waals surface area contributed by atoms with Crippen LogP contribution in [0, 0.1) is 0 Å². The monoisotopic (exact) mass is 303 g/mol. The molecule has 0 aliphatic rings. The summed E-state index contributed by atoms with van der Waals surface area (Å²) in [5.41, 5.74) is 7.37. The first-order valence-electron chi connectivity index (χ1n) is 6.21. The lowest BCUT2D eigenvalue weighted by Crippen LogP contribution is -2.15. The van der Waals surface area contributed by atoms with Gasteiger partial charge in [-0.3, -0.25) is 4.79 Å². The molecule has 0 heterocycles. The Morgan fingerprint density at radius 2 is 1.86 bits per heavy atom. The molecule has 2 rings (SSSR count). The van der Waals surface area contributed by atoms with Gasteiger partial charge < -0.3 is 16.3 Å². The van der Waals surface area contributed by atoms with E-state index in [1.807, 2.05) is 0 Å². The molecule has 21 heavy (non-hydrogen) atoms. The normalized spacial score (nSPS) is 11.2. The minimum absolute atomic E-state index is 0.128. The Bertz CT molecular complexity index is 669. The summed E-state index contributed by atoms with van der Waals surface area (Å²) in [6, 6.07) is 13.9. The van der Waals surface area contributed by atoms with Crippen LogP contribution in [0.15, 0.2) is 53.7 Å². The molecule has 0 saturated carbocycles. The van der Waals surface area contributed by atoms with Gasteiger partial charge in [0.05, 0.1) is 10.6 Å². The molecule has 2 aromatic rings. The molecular formula is C15H14ClN3O2. The van der Waals surface area contributed by atoms with Crippen molar-refractivity contribution in [1.29, 1.82) is 0 Å². The molecule has 0 unspecified atom stereocenters. The molecule has 0 aliphatic carbocycles. The van der Waals surface area contributed by atoms with Crippen LogP contribution in [0.25, 0.3) is 0 Å². The SMILES string of the molecule is NC(Cc1ccc(NC(=O)c2ccccc2Cl)cc1)=NO. The topological polar surface area (TPSA) is 87.7 Å². The second-order valence-corrected chi connectivity index (χ2v) is 4.81. The van der Waals surface area contributed by atoms with E-state index in [0.29, 0.717) is 22.7 Å². The van der Waals surface area contributed by atoms with E-state index in [1.54, 1.807) is 48.5 Å². The molecule has 0 fully saturated rings. The first-order valence-corrected chi connectivity index (χ1v) is 6.59. The summed E-state index contributed by atoms with van der Waals surface area (Å²) >= 11 is 5.97. The van der Waals surface area contributed by atoms with Gasteiger partial charge in [0, 0.05) is 12.1 Å². The molecule has 5 nitrogen and oxygen atoms in total. The second kappa shape index (κ2) is 6.76. The smallest absolute Gasteiger partial charge is 0.257 e. The van der Waals surface area contributed by atoms with Crippen molar-refractivity contribution in [3.8, 4) is 0 Å². The molecule has 0 atom stereocenters. The van der Waals surface area contributed by atoms with Gasteiger partial charge in [-0.15, -0.1) is 0 Å². The van der Waals surface area contributed by atoms with Crippen LogP contribution in [0.2, 0.25) is 5.02 Å². The van der Waals surface area contributed by atoms with Gasteiger partial charge in [0.25, 0.3) is 5.91 Å². The Kier molecular flexibility index (Phi) is 4.79. The zero-order valence-corrected chi connectivity index (χ0v) is 11.8. The average Bonchev–Trinajstić information content (AvgIpc) is 2.49. The number of rotatable bonds is 4. The maximum absolute atomic E-state index is 12.1. The number of carbonyl (C=O) groups is 1. The van der Waals surface area contributed by atoms with E-state index in [0.717, 1.165) is 5.56 Å². The molecule has 0 spiro atoms. The van der Waals surface area contributed by atoms with Gasteiger partial charge in [0.1, 0.15) is 5.84 Å². The highest BCUT2D eigenvalue weighted by molar-refractivity contribution is 6.34. The molecule has 0 bridgehead atoms. The number of benzene rings is 2. The summed E-state index contributed by atoms with van der Waals surface area (Å²) in [7, 11) is 0. The van der Waals surface area contributed by atoms with E-state index in [9.17, 15) is 4.79 Å². The Hall–Kier alpha value is -2.53. The van der Waals surface area contributed by atoms with E-state index < -0.39 is 0 Å². The second-order valence-electron chi connectivity index (χ2n) is 4.40. The Morgan fingerprint density at radius 1 is 1.19 bits per heavy atom.